The van der Waals surface area contributed by atoms with Crippen molar-refractivity contribution in [1.29, 1.82) is 0 Å². The predicted molar refractivity (Wildman–Crippen MR) is 126 cm³/mol. The van der Waals surface area contributed by atoms with E-state index in [1.54, 1.807) is 24.3 Å². The summed E-state index contributed by atoms with van der Waals surface area (Å²) in [5.74, 6) is 0.589. The van der Waals surface area contributed by atoms with Gasteiger partial charge in [-0.05, 0) is 68.6 Å². The van der Waals surface area contributed by atoms with Crippen molar-refractivity contribution in [3.63, 3.8) is 0 Å². The zero-order valence-corrected chi connectivity index (χ0v) is 20.1. The zero-order valence-electron chi connectivity index (χ0n) is 18.5. The number of halogens is 2. The minimum atomic E-state index is -3.27. The van der Waals surface area contributed by atoms with Gasteiger partial charge in [-0.2, -0.15) is 0 Å². The van der Waals surface area contributed by atoms with E-state index in [1.807, 2.05) is 6.92 Å². The standard InChI is InChI=1S/C24H27FN2O3S.ClH/c1-16-5-4-13-27(16)14-12-23-17(2)30-24(26-23)21-11-8-19(15-22(21)25)18-6-9-20(10-7-18)31(3,28)29;/h6-11,15-16H,4-5,12-14H2,1-3H3;1H. The summed E-state index contributed by atoms with van der Waals surface area (Å²) >= 11 is 0. The molecule has 0 bridgehead atoms. The molecule has 0 spiro atoms. The van der Waals surface area contributed by atoms with Crippen LogP contribution in [0.25, 0.3) is 22.6 Å². The minimum Gasteiger partial charge on any atom is -0.441 e. The maximum Gasteiger partial charge on any atom is 0.229 e. The molecule has 0 saturated carbocycles. The fourth-order valence-corrected chi connectivity index (χ4v) is 4.74. The van der Waals surface area contributed by atoms with E-state index < -0.39 is 15.7 Å². The monoisotopic (exact) mass is 478 g/mol. The van der Waals surface area contributed by atoms with E-state index in [1.165, 1.54) is 31.0 Å². The quantitative estimate of drug-likeness (QED) is 0.480. The first-order valence-electron chi connectivity index (χ1n) is 10.5. The molecule has 1 atom stereocenters. The van der Waals surface area contributed by atoms with Crippen molar-refractivity contribution in [3.05, 3.63) is 59.7 Å². The first-order valence-corrected chi connectivity index (χ1v) is 12.4. The topological polar surface area (TPSA) is 63.4 Å². The second-order valence-corrected chi connectivity index (χ2v) is 10.3. The highest BCUT2D eigenvalue weighted by Gasteiger charge is 2.21. The SMILES string of the molecule is Cc1oc(-c2ccc(-c3ccc(S(C)(=O)=O)cc3)cc2F)nc1CCN1CCCC1C.Cl. The second kappa shape index (κ2) is 9.73. The number of hydrogen-bond donors (Lipinski definition) is 0. The fraction of sp³-hybridized carbons (Fsp3) is 0.375. The number of oxazole rings is 1. The van der Waals surface area contributed by atoms with Crippen LogP contribution in [-0.2, 0) is 16.3 Å². The maximum absolute atomic E-state index is 14.9. The molecule has 0 radical (unpaired) electrons. The summed E-state index contributed by atoms with van der Waals surface area (Å²) < 4.78 is 43.9. The summed E-state index contributed by atoms with van der Waals surface area (Å²) in [6, 6.07) is 11.9. The Morgan fingerprint density at radius 3 is 2.44 bits per heavy atom. The summed E-state index contributed by atoms with van der Waals surface area (Å²) in [7, 11) is -3.27. The van der Waals surface area contributed by atoms with E-state index in [-0.39, 0.29) is 17.3 Å². The lowest BCUT2D eigenvalue weighted by molar-refractivity contribution is 0.271. The highest BCUT2D eigenvalue weighted by atomic mass is 35.5. The van der Waals surface area contributed by atoms with E-state index in [0.29, 0.717) is 23.1 Å². The molecular formula is C24H28ClFN2O3S. The highest BCUT2D eigenvalue weighted by molar-refractivity contribution is 7.90. The molecule has 2 aromatic carbocycles. The number of aryl methyl sites for hydroxylation is 1. The van der Waals surface area contributed by atoms with Crippen LogP contribution in [0.1, 0.15) is 31.2 Å². The molecule has 32 heavy (non-hydrogen) atoms. The van der Waals surface area contributed by atoms with Crippen LogP contribution < -0.4 is 0 Å². The Kier molecular flexibility index (Phi) is 7.43. The average molecular weight is 479 g/mol. The third-order valence-corrected chi connectivity index (χ3v) is 7.16. The molecule has 0 amide bonds. The Bertz CT molecular complexity index is 1190. The lowest BCUT2D eigenvalue weighted by Crippen LogP contribution is -2.29. The predicted octanol–water partition coefficient (Wildman–Crippen LogP) is 5.31. The van der Waals surface area contributed by atoms with Gasteiger partial charge in [-0.25, -0.2) is 17.8 Å². The Morgan fingerprint density at radius 1 is 1.16 bits per heavy atom. The van der Waals surface area contributed by atoms with Crippen LogP contribution in [0, 0.1) is 12.7 Å². The third-order valence-electron chi connectivity index (χ3n) is 6.03. The number of aromatic nitrogens is 1. The number of rotatable bonds is 6. The normalized spacial score (nSPS) is 16.8. The van der Waals surface area contributed by atoms with E-state index in [2.05, 4.69) is 16.8 Å². The molecule has 2 heterocycles. The summed E-state index contributed by atoms with van der Waals surface area (Å²) in [5.41, 5.74) is 2.59. The smallest absolute Gasteiger partial charge is 0.229 e. The molecule has 0 N–H and O–H groups in total. The number of hydrogen-bond acceptors (Lipinski definition) is 5. The molecule has 8 heteroatoms. The number of sulfone groups is 1. The van der Waals surface area contributed by atoms with Crippen molar-refractivity contribution in [2.45, 2.75) is 44.0 Å². The van der Waals surface area contributed by atoms with Gasteiger partial charge in [0.2, 0.25) is 5.89 Å². The van der Waals surface area contributed by atoms with Crippen molar-refractivity contribution in [2.75, 3.05) is 19.3 Å². The number of likely N-dealkylation sites (tertiary alicyclic amines) is 1. The van der Waals surface area contributed by atoms with Gasteiger partial charge in [-0.15, -0.1) is 12.4 Å². The van der Waals surface area contributed by atoms with Gasteiger partial charge in [0.1, 0.15) is 11.6 Å². The summed E-state index contributed by atoms with van der Waals surface area (Å²) in [4.78, 5) is 7.26. The van der Waals surface area contributed by atoms with Crippen molar-refractivity contribution in [2.24, 2.45) is 0 Å². The molecule has 172 valence electrons. The largest absolute Gasteiger partial charge is 0.441 e. The number of nitrogens with zero attached hydrogens (tertiary/aromatic N) is 2. The van der Waals surface area contributed by atoms with Crippen LogP contribution in [-0.4, -0.2) is 43.7 Å². The molecular weight excluding hydrogens is 451 g/mol. The Labute approximate surface area is 195 Å². The Morgan fingerprint density at radius 2 is 1.84 bits per heavy atom. The van der Waals surface area contributed by atoms with E-state index in [9.17, 15) is 12.8 Å². The summed E-state index contributed by atoms with van der Waals surface area (Å²) in [6.45, 7) is 6.17. The minimum absolute atomic E-state index is 0. The second-order valence-electron chi connectivity index (χ2n) is 8.29. The highest BCUT2D eigenvalue weighted by Crippen LogP contribution is 2.30. The van der Waals surface area contributed by atoms with Crippen LogP contribution >= 0.6 is 12.4 Å². The first-order chi connectivity index (χ1) is 14.7. The molecule has 1 aromatic heterocycles. The van der Waals surface area contributed by atoms with Gasteiger partial charge < -0.3 is 9.32 Å². The number of benzene rings is 2. The lowest BCUT2D eigenvalue weighted by atomic mass is 10.0. The van der Waals surface area contributed by atoms with Gasteiger partial charge in [0, 0.05) is 25.3 Å². The van der Waals surface area contributed by atoms with Gasteiger partial charge in [0.05, 0.1) is 16.2 Å². The fourth-order valence-electron chi connectivity index (χ4n) is 4.11. The molecule has 5 nitrogen and oxygen atoms in total. The third kappa shape index (κ3) is 5.22. The van der Waals surface area contributed by atoms with Crippen molar-refractivity contribution < 1.29 is 17.2 Å². The van der Waals surface area contributed by atoms with Crippen LogP contribution in [0.15, 0.2) is 51.8 Å². The Hall–Kier alpha value is -2.22. The van der Waals surface area contributed by atoms with Gasteiger partial charge in [-0.1, -0.05) is 18.2 Å². The van der Waals surface area contributed by atoms with Crippen LogP contribution in [0.5, 0.6) is 0 Å². The van der Waals surface area contributed by atoms with Crippen molar-refractivity contribution in [3.8, 4) is 22.6 Å². The van der Waals surface area contributed by atoms with Gasteiger partial charge in [0.25, 0.3) is 0 Å². The molecule has 1 saturated heterocycles. The van der Waals surface area contributed by atoms with Crippen molar-refractivity contribution >= 4 is 22.2 Å². The van der Waals surface area contributed by atoms with Gasteiger partial charge in [-0.3, -0.25) is 0 Å². The average Bonchev–Trinajstić information content (AvgIpc) is 3.30. The van der Waals surface area contributed by atoms with Crippen LogP contribution in [0.3, 0.4) is 0 Å². The van der Waals surface area contributed by atoms with E-state index >= 15 is 0 Å². The van der Waals surface area contributed by atoms with Gasteiger partial charge >= 0.3 is 0 Å². The molecule has 1 aliphatic heterocycles. The lowest BCUT2D eigenvalue weighted by Gasteiger charge is -2.20. The molecule has 1 unspecified atom stereocenters. The maximum atomic E-state index is 14.9. The van der Waals surface area contributed by atoms with E-state index in [4.69, 9.17) is 4.42 Å². The zero-order chi connectivity index (χ0) is 22.2. The summed E-state index contributed by atoms with van der Waals surface area (Å²) in [5, 5.41) is 0. The van der Waals surface area contributed by atoms with Crippen molar-refractivity contribution in [1.82, 2.24) is 9.88 Å². The van der Waals surface area contributed by atoms with Crippen LogP contribution in [0.2, 0.25) is 0 Å². The summed E-state index contributed by atoms with van der Waals surface area (Å²) in [6.07, 6.45) is 4.41. The van der Waals surface area contributed by atoms with E-state index in [0.717, 1.165) is 42.8 Å². The van der Waals surface area contributed by atoms with Gasteiger partial charge in [0.15, 0.2) is 9.84 Å². The molecule has 1 aliphatic rings. The Balaban J connectivity index is 0.00000289. The molecule has 4 rings (SSSR count). The molecule has 1 fully saturated rings. The molecule has 0 aliphatic carbocycles. The molecule has 3 aromatic rings. The first kappa shape index (κ1) is 24.4. The van der Waals surface area contributed by atoms with Crippen LogP contribution in [0.4, 0.5) is 4.39 Å².